The third-order valence-electron chi connectivity index (χ3n) is 3.77. The van der Waals surface area contributed by atoms with Gasteiger partial charge in [-0.25, -0.2) is 14.6 Å². The van der Waals surface area contributed by atoms with Gasteiger partial charge in [-0.05, 0) is 17.7 Å². The molecule has 0 aliphatic rings. The molecule has 0 bridgehead atoms. The molecule has 7 heteroatoms. The standard InChI is InChI=1S/C16H12O4.C5H9N3/c17-15(18)13(11-7-3-1-4-8-11)14(16(19)20)12-9-5-2-6-10-12;6-2-1-5-3-7-4-8-5/h1-10H,(H,17,18)(H,19,20);3-4H,1-2,6H2,(H,7,8)/b14-13-;. The van der Waals surface area contributed by atoms with Crippen LogP contribution in [-0.2, 0) is 16.0 Å². The number of imidazole rings is 1. The highest BCUT2D eigenvalue weighted by Crippen LogP contribution is 2.27. The number of hydrogen-bond acceptors (Lipinski definition) is 4. The molecule has 1 heterocycles. The van der Waals surface area contributed by atoms with E-state index in [1.165, 1.54) is 0 Å². The van der Waals surface area contributed by atoms with Crippen LogP contribution in [0, 0.1) is 0 Å². The van der Waals surface area contributed by atoms with Gasteiger partial charge >= 0.3 is 11.9 Å². The molecule has 0 saturated heterocycles. The average molecular weight is 379 g/mol. The Hall–Kier alpha value is -3.71. The van der Waals surface area contributed by atoms with Crippen LogP contribution in [0.1, 0.15) is 16.8 Å². The number of H-pyrrole nitrogens is 1. The first-order valence-corrected chi connectivity index (χ1v) is 8.53. The van der Waals surface area contributed by atoms with Crippen LogP contribution in [-0.4, -0.2) is 38.7 Å². The smallest absolute Gasteiger partial charge is 0.337 e. The van der Waals surface area contributed by atoms with Gasteiger partial charge in [0.2, 0.25) is 0 Å². The monoisotopic (exact) mass is 379 g/mol. The fourth-order valence-electron chi connectivity index (χ4n) is 2.54. The van der Waals surface area contributed by atoms with Crippen LogP contribution >= 0.6 is 0 Å². The average Bonchev–Trinajstić information content (AvgIpc) is 3.21. The number of aromatic amines is 1. The van der Waals surface area contributed by atoms with E-state index in [1.54, 1.807) is 73.2 Å². The topological polar surface area (TPSA) is 129 Å². The molecular formula is C21H21N3O4. The summed E-state index contributed by atoms with van der Waals surface area (Å²) in [6.07, 6.45) is 4.33. The molecule has 0 aliphatic carbocycles. The molecule has 0 aliphatic heterocycles. The van der Waals surface area contributed by atoms with Crippen molar-refractivity contribution in [2.75, 3.05) is 6.54 Å². The summed E-state index contributed by atoms with van der Waals surface area (Å²) in [5.74, 6) is -2.53. The third-order valence-corrected chi connectivity index (χ3v) is 3.77. The summed E-state index contributed by atoms with van der Waals surface area (Å²) in [5.41, 5.74) is 6.66. The summed E-state index contributed by atoms with van der Waals surface area (Å²) >= 11 is 0. The van der Waals surface area contributed by atoms with E-state index in [1.807, 2.05) is 0 Å². The number of carboxylic acid groups (broad SMARTS) is 2. The normalized spacial score (nSPS) is 11.0. The number of benzene rings is 2. The summed E-state index contributed by atoms with van der Waals surface area (Å²) in [6, 6.07) is 16.5. The van der Waals surface area contributed by atoms with E-state index in [4.69, 9.17) is 5.73 Å². The molecular weight excluding hydrogens is 358 g/mol. The van der Waals surface area contributed by atoms with Crippen molar-refractivity contribution >= 4 is 23.1 Å². The Balaban J connectivity index is 0.000000292. The highest BCUT2D eigenvalue weighted by molar-refractivity contribution is 6.36. The predicted octanol–water partition coefficient (Wildman–Crippen LogP) is 2.68. The van der Waals surface area contributed by atoms with Crippen LogP contribution in [0.5, 0.6) is 0 Å². The van der Waals surface area contributed by atoms with Crippen molar-refractivity contribution < 1.29 is 19.8 Å². The molecule has 3 aromatic rings. The Morgan fingerprint density at radius 1 is 0.857 bits per heavy atom. The van der Waals surface area contributed by atoms with Crippen molar-refractivity contribution in [3.8, 4) is 0 Å². The number of aliphatic carboxylic acids is 2. The molecule has 0 unspecified atom stereocenters. The molecule has 0 spiro atoms. The van der Waals surface area contributed by atoms with Crippen LogP contribution in [0.4, 0.5) is 0 Å². The molecule has 0 saturated carbocycles. The zero-order valence-corrected chi connectivity index (χ0v) is 15.1. The lowest BCUT2D eigenvalue weighted by Gasteiger charge is -2.09. The molecule has 2 aromatic carbocycles. The highest BCUT2D eigenvalue weighted by Gasteiger charge is 2.23. The Labute approximate surface area is 162 Å². The first-order chi connectivity index (χ1) is 13.5. The van der Waals surface area contributed by atoms with E-state index in [0.717, 1.165) is 12.1 Å². The number of nitrogens with one attached hydrogen (secondary N) is 1. The zero-order chi connectivity index (χ0) is 20.4. The van der Waals surface area contributed by atoms with Gasteiger partial charge < -0.3 is 20.9 Å². The summed E-state index contributed by atoms with van der Waals surface area (Å²) in [7, 11) is 0. The van der Waals surface area contributed by atoms with Crippen molar-refractivity contribution in [3.63, 3.8) is 0 Å². The minimum absolute atomic E-state index is 0.218. The number of nitrogens with zero attached hydrogens (tertiary/aromatic N) is 1. The number of carboxylic acids is 2. The summed E-state index contributed by atoms with van der Waals surface area (Å²) in [4.78, 5) is 29.8. The van der Waals surface area contributed by atoms with Gasteiger partial charge in [-0.3, -0.25) is 0 Å². The second-order valence-corrected chi connectivity index (χ2v) is 5.71. The lowest BCUT2D eigenvalue weighted by atomic mass is 9.94. The van der Waals surface area contributed by atoms with E-state index in [9.17, 15) is 19.8 Å². The Morgan fingerprint density at radius 3 is 1.64 bits per heavy atom. The van der Waals surface area contributed by atoms with E-state index in [0.29, 0.717) is 17.7 Å². The largest absolute Gasteiger partial charge is 0.478 e. The molecule has 5 N–H and O–H groups in total. The van der Waals surface area contributed by atoms with Crippen molar-refractivity contribution in [1.82, 2.24) is 9.97 Å². The van der Waals surface area contributed by atoms with E-state index < -0.39 is 11.9 Å². The van der Waals surface area contributed by atoms with Gasteiger partial charge in [0.15, 0.2) is 0 Å². The molecule has 0 amide bonds. The van der Waals surface area contributed by atoms with Crippen LogP contribution < -0.4 is 5.73 Å². The van der Waals surface area contributed by atoms with Gasteiger partial charge in [-0.1, -0.05) is 60.7 Å². The van der Waals surface area contributed by atoms with Crippen molar-refractivity contribution in [2.24, 2.45) is 5.73 Å². The Bertz CT molecular complexity index is 861. The number of nitrogens with two attached hydrogens (primary N) is 1. The minimum atomic E-state index is -1.27. The van der Waals surface area contributed by atoms with Gasteiger partial charge in [0.25, 0.3) is 0 Å². The Kier molecular flexibility index (Phi) is 7.68. The zero-order valence-electron chi connectivity index (χ0n) is 15.1. The molecule has 3 rings (SSSR count). The number of rotatable bonds is 6. The maximum atomic E-state index is 11.5. The third kappa shape index (κ3) is 5.65. The molecule has 144 valence electrons. The summed E-state index contributed by atoms with van der Waals surface area (Å²) in [6.45, 7) is 0.683. The lowest BCUT2D eigenvalue weighted by molar-refractivity contribution is -0.132. The van der Waals surface area contributed by atoms with E-state index >= 15 is 0 Å². The van der Waals surface area contributed by atoms with Gasteiger partial charge in [-0.15, -0.1) is 0 Å². The predicted molar refractivity (Wildman–Crippen MR) is 106 cm³/mol. The minimum Gasteiger partial charge on any atom is -0.478 e. The van der Waals surface area contributed by atoms with E-state index in [2.05, 4.69) is 9.97 Å². The molecule has 0 fully saturated rings. The van der Waals surface area contributed by atoms with Crippen molar-refractivity contribution in [2.45, 2.75) is 6.42 Å². The highest BCUT2D eigenvalue weighted by atomic mass is 16.4. The van der Waals surface area contributed by atoms with Crippen LogP contribution in [0.25, 0.3) is 11.1 Å². The van der Waals surface area contributed by atoms with Crippen molar-refractivity contribution in [3.05, 3.63) is 90.0 Å². The quantitative estimate of drug-likeness (QED) is 0.385. The Morgan fingerprint density at radius 2 is 1.32 bits per heavy atom. The second-order valence-electron chi connectivity index (χ2n) is 5.71. The summed E-state index contributed by atoms with van der Waals surface area (Å²) in [5, 5.41) is 18.8. The first kappa shape index (κ1) is 20.6. The van der Waals surface area contributed by atoms with Crippen LogP contribution in [0.15, 0.2) is 73.2 Å². The van der Waals surface area contributed by atoms with Gasteiger partial charge in [0.1, 0.15) is 0 Å². The number of aromatic nitrogens is 2. The van der Waals surface area contributed by atoms with Gasteiger partial charge in [0.05, 0.1) is 17.5 Å². The maximum absolute atomic E-state index is 11.5. The van der Waals surface area contributed by atoms with Crippen molar-refractivity contribution in [1.29, 1.82) is 0 Å². The maximum Gasteiger partial charge on any atom is 0.337 e. The molecule has 7 nitrogen and oxygen atoms in total. The van der Waals surface area contributed by atoms with Gasteiger partial charge in [0, 0.05) is 18.3 Å². The van der Waals surface area contributed by atoms with E-state index in [-0.39, 0.29) is 11.1 Å². The lowest BCUT2D eigenvalue weighted by Crippen LogP contribution is -2.10. The van der Waals surface area contributed by atoms with Crippen LogP contribution in [0.3, 0.4) is 0 Å². The molecule has 0 atom stereocenters. The SMILES string of the molecule is NCCc1cnc[nH]1.O=C(O)/C(=C(\C(=O)O)c1ccccc1)c1ccccc1. The fourth-order valence-corrected chi connectivity index (χ4v) is 2.54. The molecule has 28 heavy (non-hydrogen) atoms. The first-order valence-electron chi connectivity index (χ1n) is 8.53. The number of carbonyl (C=O) groups is 2. The number of hydrogen-bond donors (Lipinski definition) is 4. The second kappa shape index (κ2) is 10.4. The molecule has 1 aromatic heterocycles. The van der Waals surface area contributed by atoms with Gasteiger partial charge in [-0.2, -0.15) is 0 Å². The van der Waals surface area contributed by atoms with Crippen LogP contribution in [0.2, 0.25) is 0 Å². The fraction of sp³-hybridized carbons (Fsp3) is 0.0952. The summed E-state index contributed by atoms with van der Waals surface area (Å²) < 4.78 is 0. The molecule has 0 radical (unpaired) electrons.